The van der Waals surface area contributed by atoms with Crippen molar-refractivity contribution in [3.63, 3.8) is 0 Å². The van der Waals surface area contributed by atoms with E-state index < -0.39 is 18.0 Å². The average Bonchev–Trinajstić information content (AvgIpc) is 3.21. The van der Waals surface area contributed by atoms with Crippen molar-refractivity contribution in [3.8, 4) is 5.75 Å². The fraction of sp³-hybridized carbons (Fsp3) is 0.526. The second-order valence-corrected chi connectivity index (χ2v) is 6.11. The monoisotopic (exact) mass is 413 g/mol. The van der Waals surface area contributed by atoms with Crippen LogP contribution in [0.15, 0.2) is 24.3 Å². The standard InChI is InChI=1S/C17H25NO5.C2H2O4/c1-2-21-17(20)13-5-7-15(8-6-13)23-12-14(19)10-18-11-16-4-3-9-22-16;3-1(4)2(5)6/h5-8,14,16,18-19H,2-4,9-12H2,1H3;(H,3,4)(H,5,6). The smallest absolute Gasteiger partial charge is 0.414 e. The summed E-state index contributed by atoms with van der Waals surface area (Å²) in [6.07, 6.45) is 1.85. The molecular formula is C19H27NO9. The van der Waals surface area contributed by atoms with Crippen LogP contribution in [0.2, 0.25) is 0 Å². The molecule has 4 N–H and O–H groups in total. The molecule has 1 saturated heterocycles. The van der Waals surface area contributed by atoms with Crippen molar-refractivity contribution < 1.29 is 43.9 Å². The molecule has 2 atom stereocenters. The fourth-order valence-corrected chi connectivity index (χ4v) is 2.37. The molecule has 0 spiro atoms. The number of benzene rings is 1. The van der Waals surface area contributed by atoms with Crippen LogP contribution in [0.1, 0.15) is 30.1 Å². The van der Waals surface area contributed by atoms with E-state index in [0.717, 1.165) is 26.0 Å². The molecule has 1 aliphatic heterocycles. The molecule has 2 unspecified atom stereocenters. The number of aliphatic hydroxyl groups excluding tert-OH is 1. The van der Waals surface area contributed by atoms with E-state index in [1.54, 1.807) is 31.2 Å². The molecule has 2 rings (SSSR count). The molecule has 0 saturated carbocycles. The summed E-state index contributed by atoms with van der Waals surface area (Å²) < 4.78 is 15.9. The fourth-order valence-electron chi connectivity index (χ4n) is 2.37. The average molecular weight is 413 g/mol. The first-order valence-corrected chi connectivity index (χ1v) is 9.20. The molecule has 0 aliphatic carbocycles. The van der Waals surface area contributed by atoms with Crippen LogP contribution in [-0.2, 0) is 19.1 Å². The Morgan fingerprint density at radius 1 is 1.21 bits per heavy atom. The van der Waals surface area contributed by atoms with Crippen molar-refractivity contribution in [3.05, 3.63) is 29.8 Å². The van der Waals surface area contributed by atoms with E-state index in [2.05, 4.69) is 5.32 Å². The maximum atomic E-state index is 11.5. The highest BCUT2D eigenvalue weighted by atomic mass is 16.5. The van der Waals surface area contributed by atoms with Crippen molar-refractivity contribution >= 4 is 17.9 Å². The molecule has 10 nitrogen and oxygen atoms in total. The van der Waals surface area contributed by atoms with Gasteiger partial charge in [-0.2, -0.15) is 0 Å². The number of aliphatic hydroxyl groups is 1. The van der Waals surface area contributed by atoms with Crippen LogP contribution < -0.4 is 10.1 Å². The Balaban J connectivity index is 0.000000612. The van der Waals surface area contributed by atoms with Gasteiger partial charge in [0.1, 0.15) is 18.5 Å². The predicted molar refractivity (Wildman–Crippen MR) is 101 cm³/mol. The third-order valence-corrected chi connectivity index (χ3v) is 3.77. The summed E-state index contributed by atoms with van der Waals surface area (Å²) in [6.45, 7) is 4.36. The Bertz CT molecular complexity index is 630. The lowest BCUT2D eigenvalue weighted by molar-refractivity contribution is -0.159. The number of carbonyl (C=O) groups is 3. The molecule has 1 aromatic carbocycles. The number of ether oxygens (including phenoxy) is 3. The van der Waals surface area contributed by atoms with E-state index in [1.807, 2.05) is 0 Å². The zero-order valence-corrected chi connectivity index (χ0v) is 16.2. The van der Waals surface area contributed by atoms with Crippen LogP contribution in [0.3, 0.4) is 0 Å². The SMILES string of the molecule is CCOC(=O)c1ccc(OCC(O)CNCC2CCCO2)cc1.O=C(O)C(=O)O. The second kappa shape index (κ2) is 13.5. The van der Waals surface area contributed by atoms with Gasteiger partial charge in [0.05, 0.1) is 18.3 Å². The molecule has 29 heavy (non-hydrogen) atoms. The maximum absolute atomic E-state index is 11.5. The lowest BCUT2D eigenvalue weighted by atomic mass is 10.2. The first kappa shape index (κ1) is 24.3. The number of hydrogen-bond donors (Lipinski definition) is 4. The van der Waals surface area contributed by atoms with Gasteiger partial charge in [-0.05, 0) is 44.0 Å². The first-order valence-electron chi connectivity index (χ1n) is 9.20. The molecule has 1 fully saturated rings. The number of hydrogen-bond acceptors (Lipinski definition) is 8. The van der Waals surface area contributed by atoms with Crippen molar-refractivity contribution in [2.75, 3.05) is 32.9 Å². The summed E-state index contributed by atoms with van der Waals surface area (Å²) in [5.74, 6) is -3.39. The van der Waals surface area contributed by atoms with Crippen molar-refractivity contribution in [2.24, 2.45) is 0 Å². The van der Waals surface area contributed by atoms with Gasteiger partial charge in [-0.3, -0.25) is 0 Å². The van der Waals surface area contributed by atoms with Gasteiger partial charge in [-0.1, -0.05) is 0 Å². The summed E-state index contributed by atoms with van der Waals surface area (Å²) in [6, 6.07) is 6.68. The minimum atomic E-state index is -1.82. The second-order valence-electron chi connectivity index (χ2n) is 6.11. The Morgan fingerprint density at radius 3 is 2.38 bits per heavy atom. The van der Waals surface area contributed by atoms with Gasteiger partial charge in [-0.25, -0.2) is 14.4 Å². The topological polar surface area (TPSA) is 152 Å². The third-order valence-electron chi connectivity index (χ3n) is 3.77. The first-order chi connectivity index (χ1) is 13.8. The van der Waals surface area contributed by atoms with E-state index in [-0.39, 0.29) is 18.7 Å². The highest BCUT2D eigenvalue weighted by molar-refractivity contribution is 6.27. The lowest BCUT2D eigenvalue weighted by Crippen LogP contribution is -2.35. The van der Waals surface area contributed by atoms with E-state index in [1.165, 1.54) is 0 Å². The molecule has 1 aliphatic rings. The predicted octanol–water partition coefficient (Wildman–Crippen LogP) is 0.527. The number of carboxylic acids is 2. The molecular weight excluding hydrogens is 386 g/mol. The van der Waals surface area contributed by atoms with Gasteiger partial charge in [0.25, 0.3) is 0 Å². The van der Waals surface area contributed by atoms with E-state index >= 15 is 0 Å². The van der Waals surface area contributed by atoms with Gasteiger partial charge in [0.15, 0.2) is 0 Å². The number of nitrogens with one attached hydrogen (secondary N) is 1. The van der Waals surface area contributed by atoms with Crippen LogP contribution in [0.25, 0.3) is 0 Å². The quantitative estimate of drug-likeness (QED) is 0.333. The summed E-state index contributed by atoms with van der Waals surface area (Å²) in [7, 11) is 0. The van der Waals surface area contributed by atoms with Gasteiger partial charge >= 0.3 is 17.9 Å². The van der Waals surface area contributed by atoms with E-state index in [0.29, 0.717) is 24.5 Å². The van der Waals surface area contributed by atoms with Crippen LogP contribution in [0.4, 0.5) is 0 Å². The summed E-state index contributed by atoms with van der Waals surface area (Å²) in [5, 5.41) is 27.9. The molecule has 1 heterocycles. The Hall–Kier alpha value is -2.69. The number of carboxylic acid groups (broad SMARTS) is 2. The van der Waals surface area contributed by atoms with Gasteiger partial charge < -0.3 is 34.8 Å². The van der Waals surface area contributed by atoms with Gasteiger partial charge in [0, 0.05) is 19.7 Å². The van der Waals surface area contributed by atoms with Crippen LogP contribution in [-0.4, -0.2) is 78.3 Å². The Kier molecular flexibility index (Phi) is 11.3. The highest BCUT2D eigenvalue weighted by Crippen LogP contribution is 2.13. The van der Waals surface area contributed by atoms with Crippen LogP contribution in [0, 0.1) is 0 Å². The lowest BCUT2D eigenvalue weighted by Gasteiger charge is -2.15. The molecule has 10 heteroatoms. The van der Waals surface area contributed by atoms with Gasteiger partial charge in [-0.15, -0.1) is 0 Å². The molecule has 0 amide bonds. The van der Waals surface area contributed by atoms with Crippen molar-refractivity contribution in [2.45, 2.75) is 32.0 Å². The van der Waals surface area contributed by atoms with Crippen LogP contribution in [0.5, 0.6) is 5.75 Å². The molecule has 162 valence electrons. The van der Waals surface area contributed by atoms with Crippen LogP contribution >= 0.6 is 0 Å². The highest BCUT2D eigenvalue weighted by Gasteiger charge is 2.15. The number of carbonyl (C=O) groups excluding carboxylic acids is 1. The summed E-state index contributed by atoms with van der Waals surface area (Å²) in [4.78, 5) is 29.7. The Labute approximate surface area is 168 Å². The summed E-state index contributed by atoms with van der Waals surface area (Å²) in [5.41, 5.74) is 0.484. The van der Waals surface area contributed by atoms with E-state index in [9.17, 15) is 9.90 Å². The molecule has 1 aromatic rings. The number of aliphatic carboxylic acids is 2. The van der Waals surface area contributed by atoms with Gasteiger partial charge in [0.2, 0.25) is 0 Å². The Morgan fingerprint density at radius 2 is 1.86 bits per heavy atom. The number of rotatable bonds is 9. The largest absolute Gasteiger partial charge is 0.491 e. The molecule has 0 radical (unpaired) electrons. The van der Waals surface area contributed by atoms with Crippen molar-refractivity contribution in [1.29, 1.82) is 0 Å². The minimum Gasteiger partial charge on any atom is -0.491 e. The summed E-state index contributed by atoms with van der Waals surface area (Å²) >= 11 is 0. The molecule has 0 aromatic heterocycles. The van der Waals surface area contributed by atoms with E-state index in [4.69, 9.17) is 34.0 Å². The normalized spacial score (nSPS) is 16.3. The molecule has 0 bridgehead atoms. The zero-order valence-electron chi connectivity index (χ0n) is 16.2. The zero-order chi connectivity index (χ0) is 21.6. The number of esters is 1. The third kappa shape index (κ3) is 10.4. The maximum Gasteiger partial charge on any atom is 0.414 e. The minimum absolute atomic E-state index is 0.192. The van der Waals surface area contributed by atoms with Crippen molar-refractivity contribution in [1.82, 2.24) is 5.32 Å².